The molecule has 26 heavy (non-hydrogen) atoms. The van der Waals surface area contributed by atoms with Crippen molar-refractivity contribution in [1.29, 1.82) is 0 Å². The molecule has 2 aromatic rings. The van der Waals surface area contributed by atoms with Gasteiger partial charge in [-0.1, -0.05) is 30.3 Å². The van der Waals surface area contributed by atoms with Crippen molar-refractivity contribution in [3.63, 3.8) is 0 Å². The minimum Gasteiger partial charge on any atom is -0.394 e. The molecule has 0 saturated carbocycles. The van der Waals surface area contributed by atoms with E-state index in [1.807, 2.05) is 30.3 Å². The zero-order chi connectivity index (χ0) is 18.7. The molecule has 3 rings (SSSR count). The average molecular weight is 360 g/mol. The molecule has 1 aromatic heterocycles. The Hall–Kier alpha value is -2.22. The molecule has 7 nitrogen and oxygen atoms in total. The van der Waals surface area contributed by atoms with Gasteiger partial charge in [-0.05, 0) is 25.3 Å². The van der Waals surface area contributed by atoms with Crippen LogP contribution in [0.3, 0.4) is 0 Å². The predicted molar refractivity (Wildman–Crippen MR) is 96.1 cm³/mol. The van der Waals surface area contributed by atoms with E-state index in [9.17, 15) is 19.8 Å². The molecule has 7 heteroatoms. The SMILES string of the molecule is Cc1cn([C@@H]2C[C@H](O)[C@H](CO)O2)c(=O)n(CCCc2ccccc2)c1=O. The Kier molecular flexibility index (Phi) is 5.70. The van der Waals surface area contributed by atoms with Gasteiger partial charge in [0.05, 0.1) is 12.7 Å². The first kappa shape index (κ1) is 18.6. The molecule has 0 unspecified atom stereocenters. The standard InChI is InChI=1S/C19H24N2O5/c1-13-11-21(17-10-15(23)16(12-22)26-17)19(25)20(18(13)24)9-5-8-14-6-3-2-4-7-14/h2-4,6-7,11,15-17,22-23H,5,8-10,12H2,1H3/t15-,16-,17-/m0/s1. The van der Waals surface area contributed by atoms with Gasteiger partial charge in [0, 0.05) is 24.7 Å². The Bertz CT molecular complexity index is 858. The molecule has 1 aromatic carbocycles. The zero-order valence-corrected chi connectivity index (χ0v) is 14.7. The fraction of sp³-hybridized carbons (Fsp3) is 0.474. The van der Waals surface area contributed by atoms with Gasteiger partial charge in [0.1, 0.15) is 12.3 Å². The fourth-order valence-electron chi connectivity index (χ4n) is 3.30. The minimum atomic E-state index is -0.837. The Morgan fingerprint density at radius 1 is 1.23 bits per heavy atom. The maximum absolute atomic E-state index is 12.8. The highest BCUT2D eigenvalue weighted by atomic mass is 16.5. The molecule has 0 bridgehead atoms. The molecule has 1 saturated heterocycles. The third kappa shape index (κ3) is 3.80. The van der Waals surface area contributed by atoms with Crippen LogP contribution in [0.25, 0.3) is 0 Å². The van der Waals surface area contributed by atoms with E-state index in [1.54, 1.807) is 6.92 Å². The van der Waals surface area contributed by atoms with Crippen LogP contribution in [0, 0.1) is 6.92 Å². The van der Waals surface area contributed by atoms with Gasteiger partial charge in [0.25, 0.3) is 5.56 Å². The van der Waals surface area contributed by atoms with Crippen LogP contribution >= 0.6 is 0 Å². The Labute approximate surface area is 151 Å². The Morgan fingerprint density at radius 2 is 1.96 bits per heavy atom. The maximum atomic E-state index is 12.8. The van der Waals surface area contributed by atoms with Crippen molar-refractivity contribution in [2.24, 2.45) is 0 Å². The maximum Gasteiger partial charge on any atom is 0.333 e. The van der Waals surface area contributed by atoms with E-state index < -0.39 is 24.1 Å². The van der Waals surface area contributed by atoms with Crippen LogP contribution < -0.4 is 11.2 Å². The summed E-state index contributed by atoms with van der Waals surface area (Å²) >= 11 is 0. The van der Waals surface area contributed by atoms with Crippen LogP contribution in [-0.4, -0.2) is 38.2 Å². The molecule has 1 aliphatic heterocycles. The summed E-state index contributed by atoms with van der Waals surface area (Å²) < 4.78 is 8.13. The molecule has 0 spiro atoms. The third-order valence-corrected chi connectivity index (χ3v) is 4.75. The monoisotopic (exact) mass is 360 g/mol. The van der Waals surface area contributed by atoms with Gasteiger partial charge in [-0.25, -0.2) is 4.79 Å². The largest absolute Gasteiger partial charge is 0.394 e. The van der Waals surface area contributed by atoms with Crippen molar-refractivity contribution in [1.82, 2.24) is 9.13 Å². The van der Waals surface area contributed by atoms with Gasteiger partial charge in [0.2, 0.25) is 0 Å². The van der Waals surface area contributed by atoms with Crippen LogP contribution in [0.1, 0.15) is 30.2 Å². The van der Waals surface area contributed by atoms with Crippen LogP contribution in [-0.2, 0) is 17.7 Å². The summed E-state index contributed by atoms with van der Waals surface area (Å²) in [5, 5.41) is 19.1. The molecular weight excluding hydrogens is 336 g/mol. The number of hydrogen-bond acceptors (Lipinski definition) is 5. The first-order chi connectivity index (χ1) is 12.5. The molecular formula is C19H24N2O5. The summed E-state index contributed by atoms with van der Waals surface area (Å²) in [6, 6.07) is 9.89. The van der Waals surface area contributed by atoms with Crippen LogP contribution in [0.4, 0.5) is 0 Å². The lowest BCUT2D eigenvalue weighted by molar-refractivity contribution is -0.0464. The van der Waals surface area contributed by atoms with E-state index in [0.717, 1.165) is 12.0 Å². The van der Waals surface area contributed by atoms with Crippen LogP contribution in [0.15, 0.2) is 46.1 Å². The zero-order valence-electron chi connectivity index (χ0n) is 14.7. The summed E-state index contributed by atoms with van der Waals surface area (Å²) in [4.78, 5) is 25.2. The van der Waals surface area contributed by atoms with Gasteiger partial charge >= 0.3 is 5.69 Å². The van der Waals surface area contributed by atoms with E-state index >= 15 is 0 Å². The second-order valence-corrected chi connectivity index (χ2v) is 6.66. The van der Waals surface area contributed by atoms with E-state index in [-0.39, 0.29) is 18.6 Å². The number of hydrogen-bond donors (Lipinski definition) is 2. The van der Waals surface area contributed by atoms with E-state index in [0.29, 0.717) is 18.5 Å². The first-order valence-electron chi connectivity index (χ1n) is 8.82. The topological polar surface area (TPSA) is 93.7 Å². The number of aliphatic hydroxyl groups is 2. The van der Waals surface area contributed by atoms with Crippen LogP contribution in [0.2, 0.25) is 0 Å². The second kappa shape index (κ2) is 7.99. The van der Waals surface area contributed by atoms with Gasteiger partial charge in [-0.3, -0.25) is 13.9 Å². The summed E-state index contributed by atoms with van der Waals surface area (Å²) in [5.74, 6) is 0. The van der Waals surface area contributed by atoms with E-state index in [4.69, 9.17) is 4.74 Å². The summed E-state index contributed by atoms with van der Waals surface area (Å²) in [7, 11) is 0. The van der Waals surface area contributed by atoms with E-state index in [1.165, 1.54) is 15.3 Å². The first-order valence-corrected chi connectivity index (χ1v) is 8.82. The average Bonchev–Trinajstić information content (AvgIpc) is 3.02. The number of aryl methyl sites for hydroxylation is 2. The Balaban J connectivity index is 1.81. The van der Waals surface area contributed by atoms with Crippen molar-refractivity contribution in [3.05, 3.63) is 68.5 Å². The smallest absolute Gasteiger partial charge is 0.333 e. The highest BCUT2D eigenvalue weighted by molar-refractivity contribution is 5.14. The van der Waals surface area contributed by atoms with Gasteiger partial charge in [-0.2, -0.15) is 0 Å². The molecule has 3 atom stereocenters. The predicted octanol–water partition coefficient (Wildman–Crippen LogP) is 0.592. The summed E-state index contributed by atoms with van der Waals surface area (Å²) in [5.41, 5.74) is 0.831. The quantitative estimate of drug-likeness (QED) is 0.786. The Morgan fingerprint density at radius 3 is 2.62 bits per heavy atom. The van der Waals surface area contributed by atoms with Gasteiger partial charge < -0.3 is 14.9 Å². The van der Waals surface area contributed by atoms with E-state index in [2.05, 4.69) is 0 Å². The molecule has 1 aliphatic rings. The summed E-state index contributed by atoms with van der Waals surface area (Å²) in [6.07, 6.45) is 0.861. The molecule has 1 fully saturated rings. The lowest BCUT2D eigenvalue weighted by Crippen LogP contribution is -2.42. The molecule has 140 valence electrons. The number of aliphatic hydroxyl groups excluding tert-OH is 2. The number of rotatable bonds is 6. The highest BCUT2D eigenvalue weighted by Gasteiger charge is 2.35. The molecule has 0 amide bonds. The molecule has 2 N–H and O–H groups in total. The number of nitrogens with zero attached hydrogens (tertiary/aromatic N) is 2. The number of aromatic nitrogens is 2. The highest BCUT2D eigenvalue weighted by Crippen LogP contribution is 2.27. The third-order valence-electron chi connectivity index (χ3n) is 4.75. The fourth-order valence-corrected chi connectivity index (χ4v) is 3.30. The lowest BCUT2D eigenvalue weighted by atomic mass is 10.1. The van der Waals surface area contributed by atoms with Crippen molar-refractivity contribution in [2.75, 3.05) is 6.61 Å². The van der Waals surface area contributed by atoms with Crippen LogP contribution in [0.5, 0.6) is 0 Å². The second-order valence-electron chi connectivity index (χ2n) is 6.66. The molecule has 0 radical (unpaired) electrons. The molecule has 0 aliphatic carbocycles. The van der Waals surface area contributed by atoms with Crippen molar-refractivity contribution >= 4 is 0 Å². The molecule has 2 heterocycles. The number of benzene rings is 1. The summed E-state index contributed by atoms with van der Waals surface area (Å²) in [6.45, 7) is 1.65. The minimum absolute atomic E-state index is 0.201. The number of ether oxygens (including phenoxy) is 1. The van der Waals surface area contributed by atoms with Gasteiger partial charge in [0.15, 0.2) is 0 Å². The van der Waals surface area contributed by atoms with Gasteiger partial charge in [-0.15, -0.1) is 0 Å². The lowest BCUT2D eigenvalue weighted by Gasteiger charge is -2.17. The van der Waals surface area contributed by atoms with Crippen molar-refractivity contribution in [3.8, 4) is 0 Å². The normalized spacial score (nSPS) is 22.7. The van der Waals surface area contributed by atoms with Crippen molar-refractivity contribution in [2.45, 2.75) is 51.2 Å². The van der Waals surface area contributed by atoms with Crippen molar-refractivity contribution < 1.29 is 14.9 Å².